The van der Waals surface area contributed by atoms with E-state index in [2.05, 4.69) is 0 Å². The fourth-order valence-corrected chi connectivity index (χ4v) is 2.83. The fourth-order valence-electron chi connectivity index (χ4n) is 2.83. The van der Waals surface area contributed by atoms with Crippen LogP contribution in [0.3, 0.4) is 0 Å². The van der Waals surface area contributed by atoms with Gasteiger partial charge in [-0.1, -0.05) is 6.07 Å². The summed E-state index contributed by atoms with van der Waals surface area (Å²) >= 11 is 0. The topological polar surface area (TPSA) is 91.3 Å². The van der Waals surface area contributed by atoms with Gasteiger partial charge in [0, 0.05) is 6.42 Å². The number of Topliss-reactive ketones (excluding diaryl/α,β-unsaturated/α-hetero) is 2. The maximum atomic E-state index is 12.6. The van der Waals surface area contributed by atoms with E-state index in [9.17, 15) is 14.7 Å². The summed E-state index contributed by atoms with van der Waals surface area (Å²) in [4.78, 5) is 24.9. The second-order valence-corrected chi connectivity index (χ2v) is 6.02. The molecular weight excluding hydrogens is 364 g/mol. The van der Waals surface area contributed by atoms with Crippen LogP contribution in [0.1, 0.15) is 28.8 Å². The molecule has 0 heterocycles. The molecule has 0 spiro atoms. The van der Waals surface area contributed by atoms with Crippen molar-refractivity contribution in [2.45, 2.75) is 19.3 Å². The number of phenols is 1. The van der Waals surface area contributed by atoms with Gasteiger partial charge >= 0.3 is 0 Å². The van der Waals surface area contributed by atoms with Gasteiger partial charge in [0.15, 0.2) is 28.8 Å². The molecule has 2 aromatic carbocycles. The van der Waals surface area contributed by atoms with Gasteiger partial charge < -0.3 is 24.1 Å². The Balaban J connectivity index is 2.07. The van der Waals surface area contributed by atoms with Crippen molar-refractivity contribution in [3.8, 4) is 28.7 Å². The van der Waals surface area contributed by atoms with Crippen LogP contribution in [0, 0.1) is 0 Å². The fraction of sp³-hybridized carbons (Fsp3) is 0.333. The molecule has 0 radical (unpaired) electrons. The molecular formula is C21H24O7. The Bertz CT molecular complexity index is 858. The first kappa shape index (κ1) is 21.1. The lowest BCUT2D eigenvalue weighted by Gasteiger charge is -2.12. The molecule has 0 aliphatic rings. The SMILES string of the molecule is COc1ccc(CCC(=O)CC(=O)c2c(OC)ccc(OC)c2O)cc1OC. The minimum absolute atomic E-state index is 0.0543. The molecule has 7 heteroatoms. The number of methoxy groups -OCH3 is 4. The zero-order valence-electron chi connectivity index (χ0n) is 16.4. The smallest absolute Gasteiger partial charge is 0.177 e. The standard InChI is InChI=1S/C21H24O7/c1-25-16-8-6-13(11-19(16)28-4)5-7-14(22)12-15(23)20-17(26-2)9-10-18(27-3)21(20)24/h6,8-11,24H,5,7,12H2,1-4H3. The van der Waals surface area contributed by atoms with Crippen molar-refractivity contribution < 1.29 is 33.6 Å². The monoisotopic (exact) mass is 388 g/mol. The van der Waals surface area contributed by atoms with Crippen LogP contribution in [-0.4, -0.2) is 45.1 Å². The number of benzene rings is 2. The number of carbonyl (C=O) groups is 2. The van der Waals surface area contributed by atoms with Crippen LogP contribution in [0.4, 0.5) is 0 Å². The second kappa shape index (κ2) is 9.64. The first-order chi connectivity index (χ1) is 13.4. The normalized spacial score (nSPS) is 10.3. The highest BCUT2D eigenvalue weighted by molar-refractivity contribution is 6.11. The largest absolute Gasteiger partial charge is 0.504 e. The van der Waals surface area contributed by atoms with Gasteiger partial charge in [0.2, 0.25) is 0 Å². The molecule has 0 atom stereocenters. The Hall–Kier alpha value is -3.22. The average Bonchev–Trinajstić information content (AvgIpc) is 2.71. The van der Waals surface area contributed by atoms with Gasteiger partial charge in [-0.3, -0.25) is 9.59 Å². The molecule has 0 amide bonds. The first-order valence-electron chi connectivity index (χ1n) is 8.64. The Morgan fingerprint density at radius 3 is 2.00 bits per heavy atom. The van der Waals surface area contributed by atoms with E-state index in [0.717, 1.165) is 5.56 Å². The Morgan fingerprint density at radius 2 is 1.39 bits per heavy atom. The molecule has 0 aliphatic carbocycles. The zero-order valence-corrected chi connectivity index (χ0v) is 16.4. The minimum Gasteiger partial charge on any atom is -0.504 e. The molecule has 0 saturated heterocycles. The van der Waals surface area contributed by atoms with Crippen molar-refractivity contribution >= 4 is 11.6 Å². The van der Waals surface area contributed by atoms with Gasteiger partial charge in [-0.25, -0.2) is 0 Å². The average molecular weight is 388 g/mol. The highest BCUT2D eigenvalue weighted by Gasteiger charge is 2.23. The molecule has 2 aromatic rings. The van der Waals surface area contributed by atoms with Gasteiger partial charge in [0.05, 0.1) is 34.9 Å². The van der Waals surface area contributed by atoms with Gasteiger partial charge in [-0.2, -0.15) is 0 Å². The molecule has 2 rings (SSSR count). The Morgan fingerprint density at radius 1 is 0.821 bits per heavy atom. The number of hydrogen-bond donors (Lipinski definition) is 1. The third-order valence-corrected chi connectivity index (χ3v) is 4.32. The number of hydrogen-bond acceptors (Lipinski definition) is 7. The summed E-state index contributed by atoms with van der Waals surface area (Å²) in [7, 11) is 5.86. The molecule has 0 aliphatic heterocycles. The van der Waals surface area contributed by atoms with Crippen molar-refractivity contribution in [2.24, 2.45) is 0 Å². The van der Waals surface area contributed by atoms with Gasteiger partial charge in [0.25, 0.3) is 0 Å². The minimum atomic E-state index is -0.523. The summed E-state index contributed by atoms with van der Waals surface area (Å²) in [6.45, 7) is 0. The lowest BCUT2D eigenvalue weighted by atomic mass is 9.99. The molecule has 150 valence electrons. The van der Waals surface area contributed by atoms with Crippen LogP contribution < -0.4 is 18.9 Å². The zero-order chi connectivity index (χ0) is 20.7. The lowest BCUT2D eigenvalue weighted by molar-refractivity contribution is -0.118. The summed E-state index contributed by atoms with van der Waals surface area (Å²) in [6, 6.07) is 8.41. The molecule has 28 heavy (non-hydrogen) atoms. The van der Waals surface area contributed by atoms with E-state index in [4.69, 9.17) is 18.9 Å². The number of rotatable bonds is 10. The molecule has 0 unspecified atom stereocenters. The number of aryl methyl sites for hydroxylation is 1. The summed E-state index contributed by atoms with van der Waals surface area (Å²) in [5, 5.41) is 10.2. The number of aromatic hydroxyl groups is 1. The maximum Gasteiger partial charge on any atom is 0.177 e. The van der Waals surface area contributed by atoms with E-state index in [-0.39, 0.29) is 41.4 Å². The number of ether oxygens (including phenoxy) is 4. The number of phenolic OH excluding ortho intramolecular Hbond substituents is 1. The molecule has 0 fully saturated rings. The summed E-state index contributed by atoms with van der Waals surface area (Å²) < 4.78 is 20.6. The predicted octanol–water partition coefficient (Wildman–Crippen LogP) is 3.20. The van der Waals surface area contributed by atoms with Crippen molar-refractivity contribution in [3.05, 3.63) is 41.5 Å². The van der Waals surface area contributed by atoms with E-state index < -0.39 is 5.78 Å². The van der Waals surface area contributed by atoms with Crippen LogP contribution >= 0.6 is 0 Å². The van der Waals surface area contributed by atoms with Gasteiger partial charge in [-0.15, -0.1) is 0 Å². The number of ketones is 2. The summed E-state index contributed by atoms with van der Waals surface area (Å²) in [5.41, 5.74) is 0.835. The second-order valence-electron chi connectivity index (χ2n) is 6.02. The Labute approximate surface area is 163 Å². The maximum absolute atomic E-state index is 12.6. The Kier molecular flexibility index (Phi) is 7.26. The van der Waals surface area contributed by atoms with Crippen molar-refractivity contribution in [1.29, 1.82) is 0 Å². The van der Waals surface area contributed by atoms with Crippen LogP contribution in [0.5, 0.6) is 28.7 Å². The van der Waals surface area contributed by atoms with Gasteiger partial charge in [0.1, 0.15) is 17.1 Å². The van der Waals surface area contributed by atoms with E-state index in [1.807, 2.05) is 6.07 Å². The third kappa shape index (κ3) is 4.73. The van der Waals surface area contributed by atoms with Crippen molar-refractivity contribution in [3.63, 3.8) is 0 Å². The first-order valence-corrected chi connectivity index (χ1v) is 8.64. The molecule has 7 nitrogen and oxygen atoms in total. The summed E-state index contributed by atoms with van der Waals surface area (Å²) in [6.07, 6.45) is 0.284. The van der Waals surface area contributed by atoms with E-state index in [0.29, 0.717) is 17.9 Å². The van der Waals surface area contributed by atoms with E-state index in [1.54, 1.807) is 26.4 Å². The highest BCUT2D eigenvalue weighted by atomic mass is 16.5. The summed E-state index contributed by atoms with van der Waals surface area (Å²) in [5.74, 6) is 0.412. The quantitative estimate of drug-likeness (QED) is 0.494. The predicted molar refractivity (Wildman–Crippen MR) is 103 cm³/mol. The van der Waals surface area contributed by atoms with Crippen molar-refractivity contribution in [1.82, 2.24) is 0 Å². The van der Waals surface area contributed by atoms with Crippen LogP contribution in [0.15, 0.2) is 30.3 Å². The van der Waals surface area contributed by atoms with Crippen LogP contribution in [-0.2, 0) is 11.2 Å². The van der Waals surface area contributed by atoms with Crippen molar-refractivity contribution in [2.75, 3.05) is 28.4 Å². The van der Waals surface area contributed by atoms with E-state index >= 15 is 0 Å². The lowest BCUT2D eigenvalue weighted by Crippen LogP contribution is -2.11. The molecule has 0 aromatic heterocycles. The van der Waals surface area contributed by atoms with Crippen LogP contribution in [0.25, 0.3) is 0 Å². The highest BCUT2D eigenvalue weighted by Crippen LogP contribution is 2.37. The van der Waals surface area contributed by atoms with Gasteiger partial charge in [-0.05, 0) is 36.2 Å². The molecule has 0 saturated carbocycles. The molecule has 0 bridgehead atoms. The molecule has 1 N–H and O–H groups in total. The van der Waals surface area contributed by atoms with Crippen LogP contribution in [0.2, 0.25) is 0 Å². The third-order valence-electron chi connectivity index (χ3n) is 4.32. The number of carbonyl (C=O) groups excluding carboxylic acids is 2. The van der Waals surface area contributed by atoms with E-state index in [1.165, 1.54) is 26.4 Å².